The first kappa shape index (κ1) is 26.1. The minimum absolute atomic E-state index is 0.0938. The van der Waals surface area contributed by atoms with Gasteiger partial charge in [-0.1, -0.05) is 39.5 Å². The van der Waals surface area contributed by atoms with E-state index in [0.717, 1.165) is 25.7 Å². The predicted molar refractivity (Wildman–Crippen MR) is 119 cm³/mol. The Morgan fingerprint density at radius 2 is 0.833 bits per heavy atom. The summed E-state index contributed by atoms with van der Waals surface area (Å²) < 4.78 is -0.246. The van der Waals surface area contributed by atoms with E-state index in [4.69, 9.17) is 0 Å². The molecule has 0 aliphatic heterocycles. The summed E-state index contributed by atoms with van der Waals surface area (Å²) in [5.41, 5.74) is 3.78. The first-order valence-electron chi connectivity index (χ1n) is 10.7. The Bertz CT molecular complexity index is 654. The second kappa shape index (κ2) is 15.9. The summed E-state index contributed by atoms with van der Waals surface area (Å²) in [7, 11) is 0. The Labute approximate surface area is 191 Å². The molecule has 2 nitrogen and oxygen atoms in total. The van der Waals surface area contributed by atoms with E-state index in [1.54, 1.807) is 0 Å². The zero-order valence-electron chi connectivity index (χ0n) is 18.1. The molecule has 0 radical (unpaired) electrons. The summed E-state index contributed by atoms with van der Waals surface area (Å²) in [5, 5.41) is 19.1. The third-order valence-electron chi connectivity index (χ3n) is 4.54. The molecular formula is C27H33CrO2. The SMILES string of the molecule is CCCC[O-].CCCC[O-].[Cr+2][C](c1ccccc1)(c1ccccc1)c1ccccc1. The van der Waals surface area contributed by atoms with Crippen LogP contribution in [-0.2, 0) is 20.6 Å². The molecule has 0 saturated carbocycles. The third kappa shape index (κ3) is 8.46. The Hall–Kier alpha value is -1.89. The van der Waals surface area contributed by atoms with E-state index >= 15 is 0 Å². The van der Waals surface area contributed by atoms with Crippen LogP contribution in [0.3, 0.4) is 0 Å². The van der Waals surface area contributed by atoms with Crippen LogP contribution in [-0.4, -0.2) is 13.2 Å². The first-order chi connectivity index (χ1) is 14.6. The van der Waals surface area contributed by atoms with Crippen LogP contribution in [0.2, 0.25) is 0 Å². The molecule has 3 heteroatoms. The van der Waals surface area contributed by atoms with Crippen molar-refractivity contribution in [3.63, 3.8) is 0 Å². The normalized spacial score (nSPS) is 10.2. The number of benzene rings is 3. The van der Waals surface area contributed by atoms with E-state index in [2.05, 4.69) is 107 Å². The van der Waals surface area contributed by atoms with Gasteiger partial charge in [-0.25, -0.2) is 0 Å². The fourth-order valence-electron chi connectivity index (χ4n) is 2.81. The maximum absolute atomic E-state index is 9.53. The molecule has 0 unspecified atom stereocenters. The molecule has 0 amide bonds. The molecule has 3 aromatic carbocycles. The average molecular weight is 442 g/mol. The summed E-state index contributed by atoms with van der Waals surface area (Å²) in [4.78, 5) is 0. The van der Waals surface area contributed by atoms with Crippen molar-refractivity contribution in [1.29, 1.82) is 0 Å². The summed E-state index contributed by atoms with van der Waals surface area (Å²) in [6.45, 7) is 4.21. The van der Waals surface area contributed by atoms with Gasteiger partial charge in [0.05, 0.1) is 0 Å². The van der Waals surface area contributed by atoms with Crippen LogP contribution in [0.4, 0.5) is 0 Å². The summed E-state index contributed by atoms with van der Waals surface area (Å²) in [6, 6.07) is 31.8. The van der Waals surface area contributed by atoms with Crippen molar-refractivity contribution in [1.82, 2.24) is 0 Å². The fraction of sp³-hybridized carbons (Fsp3) is 0.333. The van der Waals surface area contributed by atoms with Crippen molar-refractivity contribution in [2.24, 2.45) is 0 Å². The van der Waals surface area contributed by atoms with Gasteiger partial charge >= 0.3 is 128 Å². The van der Waals surface area contributed by atoms with Crippen molar-refractivity contribution in [2.45, 2.75) is 43.8 Å². The fourth-order valence-corrected chi connectivity index (χ4v) is 3.44. The second-order valence-electron chi connectivity index (χ2n) is 6.89. The second-order valence-corrected chi connectivity index (χ2v) is 7.85. The van der Waals surface area contributed by atoms with Crippen LogP contribution < -0.4 is 10.2 Å². The number of hydrogen-bond acceptors (Lipinski definition) is 2. The van der Waals surface area contributed by atoms with Crippen molar-refractivity contribution < 1.29 is 26.5 Å². The van der Waals surface area contributed by atoms with Gasteiger partial charge in [-0.15, -0.1) is 13.2 Å². The van der Waals surface area contributed by atoms with Gasteiger partial charge in [-0.2, -0.15) is 0 Å². The van der Waals surface area contributed by atoms with Crippen LogP contribution in [0.25, 0.3) is 0 Å². The van der Waals surface area contributed by atoms with Crippen LogP contribution in [0.15, 0.2) is 91.0 Å². The molecule has 0 aliphatic carbocycles. The Morgan fingerprint density at radius 1 is 0.567 bits per heavy atom. The Balaban J connectivity index is 0.000000378. The molecule has 3 aromatic rings. The molecule has 0 heterocycles. The molecule has 0 bridgehead atoms. The van der Waals surface area contributed by atoms with Crippen molar-refractivity contribution in [3.05, 3.63) is 108 Å². The van der Waals surface area contributed by atoms with E-state index in [1.165, 1.54) is 16.7 Å². The van der Waals surface area contributed by atoms with Crippen LogP contribution in [0.1, 0.15) is 56.2 Å². The van der Waals surface area contributed by atoms with Crippen molar-refractivity contribution in [2.75, 3.05) is 13.2 Å². The van der Waals surface area contributed by atoms with Gasteiger partial charge in [0.25, 0.3) is 0 Å². The summed E-state index contributed by atoms with van der Waals surface area (Å²) >= 11 is 3.44. The van der Waals surface area contributed by atoms with Crippen LogP contribution >= 0.6 is 0 Å². The average Bonchev–Trinajstić information content (AvgIpc) is 2.82. The monoisotopic (exact) mass is 441 g/mol. The number of rotatable bonds is 7. The van der Waals surface area contributed by atoms with E-state index in [9.17, 15) is 10.2 Å². The third-order valence-corrected chi connectivity index (χ3v) is 5.64. The molecular weight excluding hydrogens is 408 g/mol. The molecule has 0 spiro atoms. The van der Waals surface area contributed by atoms with Gasteiger partial charge in [0, 0.05) is 0 Å². The zero-order chi connectivity index (χ0) is 22.1. The Kier molecular flexibility index (Phi) is 13.8. The van der Waals surface area contributed by atoms with E-state index in [1.807, 2.05) is 13.8 Å². The quantitative estimate of drug-likeness (QED) is 0.494. The van der Waals surface area contributed by atoms with Crippen molar-refractivity contribution >= 4 is 0 Å². The van der Waals surface area contributed by atoms with E-state index in [0.29, 0.717) is 0 Å². The topological polar surface area (TPSA) is 46.1 Å². The first-order valence-corrected chi connectivity index (χ1v) is 11.3. The molecule has 0 N–H and O–H groups in total. The Morgan fingerprint density at radius 3 is 1.00 bits per heavy atom. The molecule has 0 fully saturated rings. The van der Waals surface area contributed by atoms with Gasteiger partial charge in [-0.05, 0) is 0 Å². The molecule has 0 aliphatic rings. The van der Waals surface area contributed by atoms with Gasteiger partial charge in [0.2, 0.25) is 0 Å². The molecule has 3 rings (SSSR count). The summed E-state index contributed by atoms with van der Waals surface area (Å²) in [5.74, 6) is 0. The molecule has 0 aromatic heterocycles. The molecule has 0 saturated heterocycles. The standard InChI is InChI=1S/C19H15.2C4H9O.Cr/c1-4-10-16(11-5-1)19(17-12-6-2-7-13-17)18-14-8-3-9-15-18;2*1-2-3-4-5;/h1-15H;2*2-4H2,1H3;/q;2*-1;+2. The number of unbranched alkanes of at least 4 members (excludes halogenated alkanes) is 2. The van der Waals surface area contributed by atoms with Gasteiger partial charge in [0.1, 0.15) is 0 Å². The summed E-state index contributed by atoms with van der Waals surface area (Å²) in [6.07, 6.45) is 3.73. The predicted octanol–water partition coefficient (Wildman–Crippen LogP) is 4.82. The number of hydrogen-bond donors (Lipinski definition) is 0. The van der Waals surface area contributed by atoms with Crippen molar-refractivity contribution in [3.8, 4) is 0 Å². The van der Waals surface area contributed by atoms with Gasteiger partial charge < -0.3 is 10.2 Å². The van der Waals surface area contributed by atoms with Gasteiger partial charge in [-0.3, -0.25) is 0 Å². The van der Waals surface area contributed by atoms with E-state index < -0.39 is 0 Å². The maximum atomic E-state index is 9.53. The molecule has 0 atom stereocenters. The van der Waals surface area contributed by atoms with Gasteiger partial charge in [0.15, 0.2) is 0 Å². The molecule has 159 valence electrons. The zero-order valence-corrected chi connectivity index (χ0v) is 19.4. The molecule has 30 heavy (non-hydrogen) atoms. The van der Waals surface area contributed by atoms with Crippen LogP contribution in [0, 0.1) is 0 Å². The van der Waals surface area contributed by atoms with Crippen LogP contribution in [0.5, 0.6) is 0 Å². The van der Waals surface area contributed by atoms with E-state index in [-0.39, 0.29) is 17.5 Å². The minimum atomic E-state index is -0.246.